The molecule has 0 bridgehead atoms. The summed E-state index contributed by atoms with van der Waals surface area (Å²) in [5.41, 5.74) is 3.14. The molecule has 118 valence electrons. The predicted octanol–water partition coefficient (Wildman–Crippen LogP) is 3.81. The van der Waals surface area contributed by atoms with Gasteiger partial charge in [-0.3, -0.25) is 0 Å². The standard InChI is InChI=1S/C17H19N5O/c1-11(2)15-20-16-14(5-4-10-22(16)21-15)19-17(23)18-13-8-6-12(3)7-9-13/h4-11H,1-3H3,(H2,18,19,23). The average molecular weight is 309 g/mol. The number of carbonyl (C=O) groups is 1. The number of aryl methyl sites for hydroxylation is 1. The van der Waals surface area contributed by atoms with Gasteiger partial charge in [-0.1, -0.05) is 31.5 Å². The van der Waals surface area contributed by atoms with Crippen LogP contribution in [0.3, 0.4) is 0 Å². The molecule has 2 amide bonds. The first kappa shape index (κ1) is 15.0. The highest BCUT2D eigenvalue weighted by Gasteiger charge is 2.12. The third-order valence-electron chi connectivity index (χ3n) is 3.45. The number of benzene rings is 1. The minimum atomic E-state index is -0.309. The third kappa shape index (κ3) is 3.31. The van der Waals surface area contributed by atoms with Crippen molar-refractivity contribution in [3.8, 4) is 0 Å². The van der Waals surface area contributed by atoms with Crippen LogP contribution >= 0.6 is 0 Å². The SMILES string of the molecule is Cc1ccc(NC(=O)Nc2cccn3nc(C(C)C)nc23)cc1. The summed E-state index contributed by atoms with van der Waals surface area (Å²) in [6.45, 7) is 6.07. The molecule has 23 heavy (non-hydrogen) atoms. The van der Waals surface area contributed by atoms with E-state index in [-0.39, 0.29) is 11.9 Å². The molecule has 0 aliphatic rings. The summed E-state index contributed by atoms with van der Waals surface area (Å²) in [5, 5.41) is 10.0. The van der Waals surface area contributed by atoms with Gasteiger partial charge in [-0.05, 0) is 31.2 Å². The van der Waals surface area contributed by atoms with E-state index >= 15 is 0 Å². The van der Waals surface area contributed by atoms with Crippen LogP contribution in [0.15, 0.2) is 42.6 Å². The molecule has 3 aromatic rings. The number of hydrogen-bond acceptors (Lipinski definition) is 3. The van der Waals surface area contributed by atoms with Gasteiger partial charge in [0.1, 0.15) is 0 Å². The van der Waals surface area contributed by atoms with Crippen LogP contribution in [0.4, 0.5) is 16.2 Å². The zero-order chi connectivity index (χ0) is 16.4. The van der Waals surface area contributed by atoms with E-state index in [1.807, 2.05) is 63.4 Å². The number of anilines is 2. The molecule has 2 aromatic heterocycles. The quantitative estimate of drug-likeness (QED) is 0.773. The summed E-state index contributed by atoms with van der Waals surface area (Å²) in [7, 11) is 0. The van der Waals surface area contributed by atoms with Gasteiger partial charge in [0, 0.05) is 17.8 Å². The first-order chi connectivity index (χ1) is 11.0. The van der Waals surface area contributed by atoms with Crippen molar-refractivity contribution in [2.75, 3.05) is 10.6 Å². The summed E-state index contributed by atoms with van der Waals surface area (Å²) in [6, 6.07) is 11.0. The minimum absolute atomic E-state index is 0.226. The molecule has 2 heterocycles. The van der Waals surface area contributed by atoms with Crippen LogP contribution in [0.25, 0.3) is 5.65 Å². The molecule has 0 unspecified atom stereocenters. The number of nitrogens with zero attached hydrogens (tertiary/aromatic N) is 3. The molecular weight excluding hydrogens is 290 g/mol. The van der Waals surface area contributed by atoms with Gasteiger partial charge < -0.3 is 10.6 Å². The second-order valence-corrected chi connectivity index (χ2v) is 5.76. The monoisotopic (exact) mass is 309 g/mol. The molecular formula is C17H19N5O. The van der Waals surface area contributed by atoms with E-state index in [1.165, 1.54) is 0 Å². The highest BCUT2D eigenvalue weighted by Crippen LogP contribution is 2.18. The molecule has 0 radical (unpaired) electrons. The number of urea groups is 1. The fourth-order valence-electron chi connectivity index (χ4n) is 2.19. The zero-order valence-electron chi connectivity index (χ0n) is 13.4. The van der Waals surface area contributed by atoms with Gasteiger partial charge in [-0.15, -0.1) is 0 Å². The van der Waals surface area contributed by atoms with Crippen LogP contribution in [0.1, 0.15) is 31.2 Å². The molecule has 0 saturated heterocycles. The third-order valence-corrected chi connectivity index (χ3v) is 3.45. The van der Waals surface area contributed by atoms with Crippen LogP contribution in [-0.4, -0.2) is 20.6 Å². The molecule has 0 spiro atoms. The first-order valence-corrected chi connectivity index (χ1v) is 7.53. The molecule has 0 atom stereocenters. The topological polar surface area (TPSA) is 71.3 Å². The summed E-state index contributed by atoms with van der Waals surface area (Å²) >= 11 is 0. The highest BCUT2D eigenvalue weighted by atomic mass is 16.2. The number of nitrogens with one attached hydrogen (secondary N) is 2. The van der Waals surface area contributed by atoms with Gasteiger partial charge in [-0.25, -0.2) is 14.3 Å². The average Bonchev–Trinajstić information content (AvgIpc) is 2.95. The first-order valence-electron chi connectivity index (χ1n) is 7.53. The lowest BCUT2D eigenvalue weighted by molar-refractivity contribution is 0.262. The lowest BCUT2D eigenvalue weighted by Crippen LogP contribution is -2.19. The molecule has 2 N–H and O–H groups in total. The lowest BCUT2D eigenvalue weighted by atomic mass is 10.2. The van der Waals surface area contributed by atoms with E-state index in [2.05, 4.69) is 20.7 Å². The predicted molar refractivity (Wildman–Crippen MR) is 90.9 cm³/mol. The van der Waals surface area contributed by atoms with E-state index in [0.29, 0.717) is 11.3 Å². The maximum Gasteiger partial charge on any atom is 0.323 e. The molecule has 6 nitrogen and oxygen atoms in total. The Kier molecular flexibility index (Phi) is 3.97. The summed E-state index contributed by atoms with van der Waals surface area (Å²) < 4.78 is 1.68. The molecule has 0 fully saturated rings. The fourth-order valence-corrected chi connectivity index (χ4v) is 2.19. The number of pyridine rings is 1. The number of carbonyl (C=O) groups excluding carboxylic acids is 1. The molecule has 0 aliphatic heterocycles. The zero-order valence-corrected chi connectivity index (χ0v) is 13.4. The van der Waals surface area contributed by atoms with Gasteiger partial charge in [0.25, 0.3) is 0 Å². The van der Waals surface area contributed by atoms with Crippen molar-refractivity contribution in [2.24, 2.45) is 0 Å². The maximum absolute atomic E-state index is 12.2. The van der Waals surface area contributed by atoms with Crippen molar-refractivity contribution in [3.63, 3.8) is 0 Å². The van der Waals surface area contributed by atoms with E-state index in [0.717, 1.165) is 17.1 Å². The summed E-state index contributed by atoms with van der Waals surface area (Å²) in [6.07, 6.45) is 1.82. The molecule has 0 aliphatic carbocycles. The van der Waals surface area contributed by atoms with Crippen LogP contribution < -0.4 is 10.6 Å². The van der Waals surface area contributed by atoms with Gasteiger partial charge in [0.2, 0.25) is 0 Å². The number of aromatic nitrogens is 3. The normalized spacial score (nSPS) is 11.0. The van der Waals surface area contributed by atoms with Gasteiger partial charge >= 0.3 is 6.03 Å². The summed E-state index contributed by atoms with van der Waals surface area (Å²) in [5.74, 6) is 0.974. The lowest BCUT2D eigenvalue weighted by Gasteiger charge is -2.08. The number of rotatable bonds is 3. The van der Waals surface area contributed by atoms with Crippen molar-refractivity contribution < 1.29 is 4.79 Å². The molecule has 1 aromatic carbocycles. The molecule has 0 saturated carbocycles. The van der Waals surface area contributed by atoms with E-state index in [1.54, 1.807) is 4.52 Å². The van der Waals surface area contributed by atoms with E-state index in [9.17, 15) is 4.79 Å². The maximum atomic E-state index is 12.2. The Hall–Kier alpha value is -2.89. The van der Waals surface area contributed by atoms with E-state index in [4.69, 9.17) is 0 Å². The highest BCUT2D eigenvalue weighted by molar-refractivity contribution is 6.01. The number of hydrogen-bond donors (Lipinski definition) is 2. The van der Waals surface area contributed by atoms with Crippen molar-refractivity contribution in [3.05, 3.63) is 54.0 Å². The van der Waals surface area contributed by atoms with Crippen LogP contribution in [-0.2, 0) is 0 Å². The minimum Gasteiger partial charge on any atom is -0.308 e. The molecule has 6 heteroatoms. The number of amides is 2. The van der Waals surface area contributed by atoms with Crippen molar-refractivity contribution in [1.82, 2.24) is 14.6 Å². The van der Waals surface area contributed by atoms with Gasteiger partial charge in [-0.2, -0.15) is 5.10 Å². The largest absolute Gasteiger partial charge is 0.323 e. The van der Waals surface area contributed by atoms with Gasteiger partial charge in [0.15, 0.2) is 11.5 Å². The van der Waals surface area contributed by atoms with Crippen LogP contribution in [0.2, 0.25) is 0 Å². The summed E-state index contributed by atoms with van der Waals surface area (Å²) in [4.78, 5) is 16.7. The fraction of sp³-hybridized carbons (Fsp3) is 0.235. The molecule has 3 rings (SSSR count). The van der Waals surface area contributed by atoms with E-state index < -0.39 is 0 Å². The second-order valence-electron chi connectivity index (χ2n) is 5.76. The Balaban J connectivity index is 1.80. The van der Waals surface area contributed by atoms with Crippen molar-refractivity contribution in [1.29, 1.82) is 0 Å². The Labute approximate surface area is 134 Å². The second kappa shape index (κ2) is 6.08. The Morgan fingerprint density at radius 1 is 1.13 bits per heavy atom. The van der Waals surface area contributed by atoms with Crippen molar-refractivity contribution in [2.45, 2.75) is 26.7 Å². The Bertz CT molecular complexity index is 836. The van der Waals surface area contributed by atoms with Gasteiger partial charge in [0.05, 0.1) is 5.69 Å². The smallest absolute Gasteiger partial charge is 0.308 e. The Morgan fingerprint density at radius 2 is 1.87 bits per heavy atom. The van der Waals surface area contributed by atoms with Crippen LogP contribution in [0, 0.1) is 6.92 Å². The Morgan fingerprint density at radius 3 is 2.57 bits per heavy atom. The van der Waals surface area contributed by atoms with Crippen LogP contribution in [0.5, 0.6) is 0 Å². The van der Waals surface area contributed by atoms with Crippen molar-refractivity contribution >= 4 is 23.1 Å². The number of fused-ring (bicyclic) bond motifs is 1.